The molecule has 1 heterocycles. The highest BCUT2D eigenvalue weighted by molar-refractivity contribution is 5.78. The largest absolute Gasteiger partial charge is 0.465 e. The quantitative estimate of drug-likeness (QED) is 0.467. The van der Waals surface area contributed by atoms with E-state index in [1.165, 1.54) is 5.57 Å². The summed E-state index contributed by atoms with van der Waals surface area (Å²) in [7, 11) is 0. The highest BCUT2D eigenvalue weighted by Crippen LogP contribution is 2.33. The zero-order valence-electron chi connectivity index (χ0n) is 8.02. The molecule has 1 rings (SSSR count). The van der Waals surface area contributed by atoms with Crippen molar-refractivity contribution in [2.75, 3.05) is 6.61 Å². The summed E-state index contributed by atoms with van der Waals surface area (Å²) in [6.45, 7) is 6.65. The smallest absolute Gasteiger partial charge is 0.312 e. The molecule has 0 aromatic carbocycles. The van der Waals surface area contributed by atoms with E-state index in [0.717, 1.165) is 12.8 Å². The van der Waals surface area contributed by atoms with Gasteiger partial charge in [-0.15, -0.1) is 0 Å². The van der Waals surface area contributed by atoms with Crippen LogP contribution in [0.3, 0.4) is 0 Å². The van der Waals surface area contributed by atoms with Gasteiger partial charge in [0.05, 0.1) is 12.0 Å². The molecule has 0 bridgehead atoms. The lowest BCUT2D eigenvalue weighted by Crippen LogP contribution is -2.21. The Hall–Kier alpha value is -0.790. The molecule has 1 aliphatic heterocycles. The predicted molar refractivity (Wildman–Crippen MR) is 47.7 cm³/mol. The van der Waals surface area contributed by atoms with Gasteiger partial charge < -0.3 is 4.74 Å². The van der Waals surface area contributed by atoms with Gasteiger partial charge in [0, 0.05) is 0 Å². The number of hydrogen-bond acceptors (Lipinski definition) is 2. The highest BCUT2D eigenvalue weighted by Gasteiger charge is 2.38. The van der Waals surface area contributed by atoms with E-state index < -0.39 is 0 Å². The van der Waals surface area contributed by atoms with Crippen molar-refractivity contribution < 1.29 is 9.53 Å². The SMILES string of the molecule is CC(C)=CCC1(C)CCOC1=O. The van der Waals surface area contributed by atoms with E-state index in [-0.39, 0.29) is 11.4 Å². The summed E-state index contributed by atoms with van der Waals surface area (Å²) in [4.78, 5) is 11.3. The van der Waals surface area contributed by atoms with Gasteiger partial charge in [0.2, 0.25) is 0 Å². The summed E-state index contributed by atoms with van der Waals surface area (Å²) < 4.78 is 4.93. The maximum Gasteiger partial charge on any atom is 0.312 e. The fourth-order valence-electron chi connectivity index (χ4n) is 1.26. The first-order valence-electron chi connectivity index (χ1n) is 4.35. The summed E-state index contributed by atoms with van der Waals surface area (Å²) in [6.07, 6.45) is 3.77. The maximum absolute atomic E-state index is 11.3. The van der Waals surface area contributed by atoms with Gasteiger partial charge in [-0.2, -0.15) is 0 Å². The number of allylic oxidation sites excluding steroid dienone is 2. The fourth-order valence-corrected chi connectivity index (χ4v) is 1.26. The molecule has 0 amide bonds. The van der Waals surface area contributed by atoms with Crippen molar-refractivity contribution in [1.82, 2.24) is 0 Å². The molecule has 1 aliphatic rings. The monoisotopic (exact) mass is 168 g/mol. The van der Waals surface area contributed by atoms with Crippen molar-refractivity contribution in [3.05, 3.63) is 11.6 Å². The van der Waals surface area contributed by atoms with Crippen LogP contribution >= 0.6 is 0 Å². The van der Waals surface area contributed by atoms with Gasteiger partial charge >= 0.3 is 5.97 Å². The summed E-state index contributed by atoms with van der Waals surface area (Å²) in [5, 5.41) is 0. The molecule has 1 unspecified atom stereocenters. The first kappa shape index (κ1) is 9.30. The number of esters is 1. The van der Waals surface area contributed by atoms with Crippen molar-refractivity contribution >= 4 is 5.97 Å². The van der Waals surface area contributed by atoms with Crippen LogP contribution in [0.25, 0.3) is 0 Å². The number of carbonyl (C=O) groups is 1. The third-order valence-electron chi connectivity index (χ3n) is 2.34. The Morgan fingerprint density at radius 2 is 2.33 bits per heavy atom. The lowest BCUT2D eigenvalue weighted by Gasteiger charge is -2.15. The second kappa shape index (κ2) is 3.30. The minimum absolute atomic E-state index is 0.0417. The minimum atomic E-state index is -0.253. The van der Waals surface area contributed by atoms with Gasteiger partial charge in [0.1, 0.15) is 0 Å². The van der Waals surface area contributed by atoms with Gasteiger partial charge in [-0.3, -0.25) is 4.79 Å². The molecule has 68 valence electrons. The van der Waals surface area contributed by atoms with Gasteiger partial charge in [0.15, 0.2) is 0 Å². The lowest BCUT2D eigenvalue weighted by molar-refractivity contribution is -0.145. The molecule has 1 fully saturated rings. The Balaban J connectivity index is 2.60. The Morgan fingerprint density at radius 1 is 1.67 bits per heavy atom. The molecule has 0 aliphatic carbocycles. The molecule has 0 N–H and O–H groups in total. The molecule has 12 heavy (non-hydrogen) atoms. The Kier molecular flexibility index (Phi) is 2.55. The van der Waals surface area contributed by atoms with E-state index in [9.17, 15) is 4.79 Å². The van der Waals surface area contributed by atoms with E-state index in [1.54, 1.807) is 0 Å². The van der Waals surface area contributed by atoms with Crippen LogP contribution in [-0.4, -0.2) is 12.6 Å². The van der Waals surface area contributed by atoms with E-state index in [2.05, 4.69) is 6.08 Å². The number of ether oxygens (including phenoxy) is 1. The molecule has 0 aromatic heterocycles. The average Bonchev–Trinajstić information content (AvgIpc) is 2.30. The lowest BCUT2D eigenvalue weighted by atomic mass is 9.85. The summed E-state index contributed by atoms with van der Waals surface area (Å²) >= 11 is 0. The zero-order valence-corrected chi connectivity index (χ0v) is 8.02. The van der Waals surface area contributed by atoms with E-state index >= 15 is 0 Å². The van der Waals surface area contributed by atoms with Crippen LogP contribution in [0.4, 0.5) is 0 Å². The van der Waals surface area contributed by atoms with Crippen molar-refractivity contribution in [2.24, 2.45) is 5.41 Å². The summed E-state index contributed by atoms with van der Waals surface area (Å²) in [5.41, 5.74) is 1.01. The van der Waals surface area contributed by atoms with E-state index in [0.29, 0.717) is 6.61 Å². The summed E-state index contributed by atoms with van der Waals surface area (Å²) in [6, 6.07) is 0. The second-order valence-corrected chi connectivity index (χ2v) is 3.93. The van der Waals surface area contributed by atoms with Crippen molar-refractivity contribution in [3.8, 4) is 0 Å². The Bertz CT molecular complexity index is 214. The first-order chi connectivity index (χ1) is 5.54. The van der Waals surface area contributed by atoms with Crippen molar-refractivity contribution in [1.29, 1.82) is 0 Å². The van der Waals surface area contributed by atoms with Crippen molar-refractivity contribution in [3.63, 3.8) is 0 Å². The molecular weight excluding hydrogens is 152 g/mol. The van der Waals surface area contributed by atoms with Crippen LogP contribution in [0.5, 0.6) is 0 Å². The van der Waals surface area contributed by atoms with Crippen LogP contribution in [0.2, 0.25) is 0 Å². The van der Waals surface area contributed by atoms with Crippen LogP contribution in [0, 0.1) is 5.41 Å². The number of cyclic esters (lactones) is 1. The first-order valence-corrected chi connectivity index (χ1v) is 4.35. The Labute approximate surface area is 73.6 Å². The van der Waals surface area contributed by atoms with Gasteiger partial charge in [-0.1, -0.05) is 11.6 Å². The van der Waals surface area contributed by atoms with Crippen LogP contribution in [-0.2, 0) is 9.53 Å². The zero-order chi connectivity index (χ0) is 9.19. The summed E-state index contributed by atoms with van der Waals surface area (Å²) in [5.74, 6) is -0.0417. The fraction of sp³-hybridized carbons (Fsp3) is 0.700. The molecule has 2 heteroatoms. The second-order valence-electron chi connectivity index (χ2n) is 3.93. The minimum Gasteiger partial charge on any atom is -0.465 e. The number of carbonyl (C=O) groups excluding carboxylic acids is 1. The molecule has 1 atom stereocenters. The molecule has 0 radical (unpaired) electrons. The van der Waals surface area contributed by atoms with E-state index in [1.807, 2.05) is 20.8 Å². The molecule has 0 spiro atoms. The molecule has 2 nitrogen and oxygen atoms in total. The predicted octanol–water partition coefficient (Wildman–Crippen LogP) is 2.30. The van der Waals surface area contributed by atoms with Gasteiger partial charge in [-0.05, 0) is 33.6 Å². The van der Waals surface area contributed by atoms with Gasteiger partial charge in [0.25, 0.3) is 0 Å². The van der Waals surface area contributed by atoms with Crippen molar-refractivity contribution in [2.45, 2.75) is 33.6 Å². The maximum atomic E-state index is 11.3. The third kappa shape index (κ3) is 1.87. The topological polar surface area (TPSA) is 26.3 Å². The Morgan fingerprint density at radius 3 is 2.75 bits per heavy atom. The highest BCUT2D eigenvalue weighted by atomic mass is 16.5. The number of hydrogen-bond donors (Lipinski definition) is 0. The molecular formula is C10H16O2. The molecule has 0 aromatic rings. The molecule has 1 saturated heterocycles. The number of rotatable bonds is 2. The van der Waals surface area contributed by atoms with Crippen LogP contribution < -0.4 is 0 Å². The van der Waals surface area contributed by atoms with Gasteiger partial charge in [-0.25, -0.2) is 0 Å². The van der Waals surface area contributed by atoms with E-state index in [4.69, 9.17) is 4.74 Å². The third-order valence-corrected chi connectivity index (χ3v) is 2.34. The standard InChI is InChI=1S/C10H16O2/c1-8(2)4-5-10(3)6-7-12-9(10)11/h4H,5-7H2,1-3H3. The average molecular weight is 168 g/mol. The normalized spacial score (nSPS) is 28.4. The van der Waals surface area contributed by atoms with Crippen LogP contribution in [0.1, 0.15) is 33.6 Å². The van der Waals surface area contributed by atoms with Crippen LogP contribution in [0.15, 0.2) is 11.6 Å². The molecule has 0 saturated carbocycles.